The summed E-state index contributed by atoms with van der Waals surface area (Å²) in [6.45, 7) is 4.50. The predicted molar refractivity (Wildman–Crippen MR) is 64.5 cm³/mol. The zero-order chi connectivity index (χ0) is 10.1. The second-order valence-electron chi connectivity index (χ2n) is 3.89. The first-order valence-corrected chi connectivity index (χ1v) is 6.67. The molecule has 1 N–H and O–H groups in total. The fourth-order valence-corrected chi connectivity index (χ4v) is 3.79. The molecule has 4 heteroatoms. The van der Waals surface area contributed by atoms with E-state index in [1.165, 1.54) is 17.2 Å². The van der Waals surface area contributed by atoms with Crippen molar-refractivity contribution in [3.63, 3.8) is 0 Å². The third-order valence-electron chi connectivity index (χ3n) is 2.91. The first-order valence-electron chi connectivity index (χ1n) is 5.10. The monoisotopic (exact) mass is 228 g/mol. The summed E-state index contributed by atoms with van der Waals surface area (Å²) in [5, 5.41) is 0. The van der Waals surface area contributed by atoms with E-state index in [0.717, 1.165) is 17.1 Å². The number of aromatic nitrogens is 2. The quantitative estimate of drug-likeness (QED) is 0.785. The van der Waals surface area contributed by atoms with Gasteiger partial charge in [0.25, 0.3) is 0 Å². The predicted octanol–water partition coefficient (Wildman–Crippen LogP) is 3.03. The Morgan fingerprint density at radius 3 is 3.00 bits per heavy atom. The van der Waals surface area contributed by atoms with E-state index in [1.54, 1.807) is 0 Å². The maximum Gasteiger partial charge on any atom is 0.177 e. The van der Waals surface area contributed by atoms with Crippen molar-refractivity contribution in [3.05, 3.63) is 16.7 Å². The van der Waals surface area contributed by atoms with Crippen LogP contribution in [0.15, 0.2) is 6.20 Å². The molecule has 1 aliphatic rings. The number of thioether (sulfide) groups is 1. The smallest absolute Gasteiger partial charge is 0.177 e. The average molecular weight is 228 g/mol. The van der Waals surface area contributed by atoms with Crippen molar-refractivity contribution in [3.8, 4) is 0 Å². The van der Waals surface area contributed by atoms with Crippen LogP contribution in [0.3, 0.4) is 0 Å². The van der Waals surface area contributed by atoms with Crippen molar-refractivity contribution in [2.45, 2.75) is 26.3 Å². The number of nitrogens with one attached hydrogen (secondary N) is 1. The summed E-state index contributed by atoms with van der Waals surface area (Å²) in [6.07, 6.45) is 3.11. The van der Waals surface area contributed by atoms with Gasteiger partial charge in [-0.2, -0.15) is 11.8 Å². The van der Waals surface area contributed by atoms with Gasteiger partial charge in [0, 0.05) is 23.7 Å². The van der Waals surface area contributed by atoms with Gasteiger partial charge in [-0.1, -0.05) is 13.8 Å². The standard InChI is InChI=1S/C10H16N2S2/c1-3-8-4-11-10(13)12(8)9-6-14-5-7(9)2/h4,7,9H,3,5-6H2,1-2H3,(H,11,13). The van der Waals surface area contributed by atoms with E-state index in [-0.39, 0.29) is 0 Å². The van der Waals surface area contributed by atoms with Crippen molar-refractivity contribution in [2.75, 3.05) is 11.5 Å². The van der Waals surface area contributed by atoms with Gasteiger partial charge in [-0.15, -0.1) is 0 Å². The lowest BCUT2D eigenvalue weighted by molar-refractivity contribution is 0.424. The van der Waals surface area contributed by atoms with Crippen LogP contribution in [0, 0.1) is 10.7 Å². The van der Waals surface area contributed by atoms with Gasteiger partial charge in [0.1, 0.15) is 0 Å². The highest BCUT2D eigenvalue weighted by Gasteiger charge is 2.27. The highest BCUT2D eigenvalue weighted by Crippen LogP contribution is 2.34. The molecule has 2 rings (SSSR count). The van der Waals surface area contributed by atoms with E-state index in [2.05, 4.69) is 29.6 Å². The molecule has 2 unspecified atom stereocenters. The molecule has 1 aliphatic heterocycles. The number of imidazole rings is 1. The zero-order valence-corrected chi connectivity index (χ0v) is 10.3. The van der Waals surface area contributed by atoms with Crippen molar-refractivity contribution >= 4 is 24.0 Å². The normalized spacial score (nSPS) is 27.0. The SMILES string of the molecule is CCc1c[nH]c(=S)n1C1CSCC1C. The lowest BCUT2D eigenvalue weighted by atomic mass is 10.1. The Hall–Kier alpha value is -0.220. The van der Waals surface area contributed by atoms with Gasteiger partial charge in [-0.25, -0.2) is 0 Å². The minimum atomic E-state index is 0.605. The van der Waals surface area contributed by atoms with Gasteiger partial charge in [-0.05, 0) is 30.3 Å². The molecular weight excluding hydrogens is 212 g/mol. The maximum atomic E-state index is 5.33. The second kappa shape index (κ2) is 4.11. The minimum absolute atomic E-state index is 0.605. The Morgan fingerprint density at radius 1 is 1.64 bits per heavy atom. The highest BCUT2D eigenvalue weighted by molar-refractivity contribution is 7.99. The van der Waals surface area contributed by atoms with Gasteiger partial charge in [0.05, 0.1) is 0 Å². The van der Waals surface area contributed by atoms with Gasteiger partial charge >= 0.3 is 0 Å². The van der Waals surface area contributed by atoms with Crippen molar-refractivity contribution < 1.29 is 0 Å². The summed E-state index contributed by atoms with van der Waals surface area (Å²) in [5.41, 5.74) is 1.34. The Labute approximate surface area is 94.1 Å². The lowest BCUT2D eigenvalue weighted by Gasteiger charge is -2.18. The molecule has 1 aromatic rings. The van der Waals surface area contributed by atoms with E-state index >= 15 is 0 Å². The topological polar surface area (TPSA) is 20.7 Å². The molecule has 2 heterocycles. The summed E-state index contributed by atoms with van der Waals surface area (Å²) in [5.74, 6) is 3.22. The van der Waals surface area contributed by atoms with Crippen LogP contribution < -0.4 is 0 Å². The number of aryl methyl sites for hydroxylation is 1. The van der Waals surface area contributed by atoms with Crippen LogP contribution in [0.4, 0.5) is 0 Å². The molecule has 0 saturated carbocycles. The van der Waals surface area contributed by atoms with Crippen LogP contribution in [0.1, 0.15) is 25.6 Å². The maximum absolute atomic E-state index is 5.33. The molecule has 14 heavy (non-hydrogen) atoms. The number of hydrogen-bond acceptors (Lipinski definition) is 2. The molecule has 2 nitrogen and oxygen atoms in total. The highest BCUT2D eigenvalue weighted by atomic mass is 32.2. The van der Waals surface area contributed by atoms with E-state index in [0.29, 0.717) is 6.04 Å². The number of H-pyrrole nitrogens is 1. The molecule has 0 spiro atoms. The molecule has 0 amide bonds. The van der Waals surface area contributed by atoms with Crippen LogP contribution in [0.2, 0.25) is 0 Å². The number of aromatic amines is 1. The van der Waals surface area contributed by atoms with Gasteiger partial charge in [0.15, 0.2) is 4.77 Å². The number of hydrogen-bond donors (Lipinski definition) is 1. The first kappa shape index (κ1) is 10.3. The molecule has 0 aromatic carbocycles. The summed E-state index contributed by atoms with van der Waals surface area (Å²) in [7, 11) is 0. The molecule has 0 radical (unpaired) electrons. The van der Waals surface area contributed by atoms with Gasteiger partial charge in [-0.3, -0.25) is 0 Å². The average Bonchev–Trinajstić information content (AvgIpc) is 2.72. The Morgan fingerprint density at radius 2 is 2.43 bits per heavy atom. The van der Waals surface area contributed by atoms with Crippen LogP contribution in [0.25, 0.3) is 0 Å². The van der Waals surface area contributed by atoms with Crippen molar-refractivity contribution in [2.24, 2.45) is 5.92 Å². The van der Waals surface area contributed by atoms with Crippen LogP contribution in [-0.4, -0.2) is 21.1 Å². The van der Waals surface area contributed by atoms with Crippen molar-refractivity contribution in [1.82, 2.24) is 9.55 Å². The molecule has 1 saturated heterocycles. The fraction of sp³-hybridized carbons (Fsp3) is 0.700. The Balaban J connectivity index is 2.38. The van der Waals surface area contributed by atoms with Crippen LogP contribution in [0.5, 0.6) is 0 Å². The summed E-state index contributed by atoms with van der Waals surface area (Å²) >= 11 is 7.36. The Bertz CT molecular complexity index is 366. The molecule has 1 aromatic heterocycles. The van der Waals surface area contributed by atoms with E-state index in [4.69, 9.17) is 12.2 Å². The minimum Gasteiger partial charge on any atom is -0.337 e. The molecule has 78 valence electrons. The van der Waals surface area contributed by atoms with Crippen LogP contribution >= 0.6 is 24.0 Å². The van der Waals surface area contributed by atoms with Crippen molar-refractivity contribution in [1.29, 1.82) is 0 Å². The van der Waals surface area contributed by atoms with Crippen LogP contribution in [-0.2, 0) is 6.42 Å². The lowest BCUT2D eigenvalue weighted by Crippen LogP contribution is -2.17. The first-order chi connectivity index (χ1) is 6.74. The van der Waals surface area contributed by atoms with E-state index < -0.39 is 0 Å². The van der Waals surface area contributed by atoms with E-state index in [9.17, 15) is 0 Å². The second-order valence-corrected chi connectivity index (χ2v) is 5.35. The number of nitrogens with zero attached hydrogens (tertiary/aromatic N) is 1. The number of rotatable bonds is 2. The third kappa shape index (κ3) is 1.65. The summed E-state index contributed by atoms with van der Waals surface area (Å²) in [4.78, 5) is 3.15. The third-order valence-corrected chi connectivity index (χ3v) is 4.56. The largest absolute Gasteiger partial charge is 0.337 e. The molecule has 2 atom stereocenters. The van der Waals surface area contributed by atoms with E-state index in [1.807, 2.05) is 11.8 Å². The Kier molecular flexibility index (Phi) is 3.02. The zero-order valence-electron chi connectivity index (χ0n) is 8.62. The summed E-state index contributed by atoms with van der Waals surface area (Å²) < 4.78 is 3.21. The molecular formula is C10H16N2S2. The summed E-state index contributed by atoms with van der Waals surface area (Å²) in [6, 6.07) is 0.605. The van der Waals surface area contributed by atoms with Gasteiger partial charge in [0.2, 0.25) is 0 Å². The molecule has 1 fully saturated rings. The van der Waals surface area contributed by atoms with Gasteiger partial charge < -0.3 is 9.55 Å². The fourth-order valence-electron chi connectivity index (χ4n) is 2.03. The molecule has 0 bridgehead atoms. The molecule has 0 aliphatic carbocycles.